The molecule has 2 N–H and O–H groups in total. The number of anilines is 1. The number of nitrogens with zero attached hydrogens (tertiary/aromatic N) is 1. The van der Waals surface area contributed by atoms with Crippen LogP contribution < -0.4 is 15.4 Å². The average Bonchev–Trinajstić information content (AvgIpc) is 3.26. The Bertz CT molecular complexity index is 1750. The molecule has 12 heteroatoms. The summed E-state index contributed by atoms with van der Waals surface area (Å²) in [4.78, 5) is 30.2. The van der Waals surface area contributed by atoms with Crippen LogP contribution in [0.25, 0.3) is 0 Å². The zero-order valence-corrected chi connectivity index (χ0v) is 29.2. The van der Waals surface area contributed by atoms with Crippen molar-refractivity contribution in [2.45, 2.75) is 49.2 Å². The van der Waals surface area contributed by atoms with E-state index in [0.29, 0.717) is 27.9 Å². The zero-order valence-electron chi connectivity index (χ0n) is 24.7. The summed E-state index contributed by atoms with van der Waals surface area (Å²) >= 11 is 15.1. The van der Waals surface area contributed by atoms with Crippen LogP contribution in [-0.2, 0) is 24.8 Å². The van der Waals surface area contributed by atoms with Gasteiger partial charge in [-0.1, -0.05) is 41.4 Å². The van der Waals surface area contributed by atoms with Crippen LogP contribution in [0.3, 0.4) is 0 Å². The Morgan fingerprint density at radius 1 is 1.02 bits per heavy atom. The van der Waals surface area contributed by atoms with Gasteiger partial charge in [0.15, 0.2) is 0 Å². The van der Waals surface area contributed by atoms with Gasteiger partial charge >= 0.3 is 0 Å². The molecule has 6 rings (SSSR count). The van der Waals surface area contributed by atoms with Crippen molar-refractivity contribution < 1.29 is 22.7 Å². The first kappa shape index (κ1) is 32.6. The number of rotatable bonds is 8. The fourth-order valence-corrected chi connectivity index (χ4v) is 8.64. The van der Waals surface area contributed by atoms with E-state index in [4.69, 9.17) is 27.9 Å². The third-order valence-electron chi connectivity index (χ3n) is 9.10. The average molecular weight is 783 g/mol. The van der Waals surface area contributed by atoms with E-state index in [2.05, 4.69) is 38.1 Å². The molecule has 3 unspecified atom stereocenters. The molecular formula is C33H34Cl2IN3O5S. The molecule has 3 aromatic carbocycles. The van der Waals surface area contributed by atoms with E-state index in [9.17, 15) is 18.0 Å². The molecule has 1 spiro atoms. The van der Waals surface area contributed by atoms with Crippen LogP contribution in [0.5, 0.6) is 5.75 Å². The monoisotopic (exact) mass is 781 g/mol. The van der Waals surface area contributed by atoms with Crippen LogP contribution in [-0.4, -0.2) is 62.9 Å². The number of hydrogen-bond acceptors (Lipinski definition) is 6. The fourth-order valence-electron chi connectivity index (χ4n) is 7.10. The summed E-state index contributed by atoms with van der Waals surface area (Å²) in [5.74, 6) is -0.0977. The summed E-state index contributed by atoms with van der Waals surface area (Å²) in [6.07, 6.45) is 3.46. The molecule has 238 valence electrons. The second-order valence-corrected chi connectivity index (χ2v) is 16.5. The molecule has 0 bridgehead atoms. The zero-order chi connectivity index (χ0) is 31.9. The maximum absolute atomic E-state index is 14.4. The minimum atomic E-state index is -2.98. The van der Waals surface area contributed by atoms with Gasteiger partial charge in [0.05, 0.1) is 11.8 Å². The lowest BCUT2D eigenvalue weighted by Crippen LogP contribution is -2.57. The van der Waals surface area contributed by atoms with Crippen LogP contribution >= 0.6 is 45.8 Å². The number of hydrogen-bond donors (Lipinski definition) is 2. The Morgan fingerprint density at radius 3 is 2.51 bits per heavy atom. The number of likely N-dealkylation sites (tertiary alicyclic amines) is 1. The minimum Gasteiger partial charge on any atom is -0.490 e. The van der Waals surface area contributed by atoms with E-state index in [1.54, 1.807) is 18.2 Å². The summed E-state index contributed by atoms with van der Waals surface area (Å²) in [5, 5.41) is 7.32. The summed E-state index contributed by atoms with van der Waals surface area (Å²) in [7, 11) is -2.98. The molecule has 8 nitrogen and oxygen atoms in total. The molecule has 3 aliphatic heterocycles. The summed E-state index contributed by atoms with van der Waals surface area (Å²) in [5.41, 5.74) is 1.72. The van der Waals surface area contributed by atoms with Crippen LogP contribution in [0.1, 0.15) is 54.3 Å². The molecule has 3 atom stereocenters. The van der Waals surface area contributed by atoms with Crippen molar-refractivity contribution in [1.82, 2.24) is 10.2 Å². The maximum atomic E-state index is 14.4. The number of amides is 2. The summed E-state index contributed by atoms with van der Waals surface area (Å²) in [6, 6.07) is 17.9. The molecule has 2 saturated heterocycles. The largest absolute Gasteiger partial charge is 0.490 e. The molecule has 0 aliphatic carbocycles. The van der Waals surface area contributed by atoms with Crippen molar-refractivity contribution in [2.75, 3.05) is 37.0 Å². The molecule has 2 fully saturated rings. The van der Waals surface area contributed by atoms with Gasteiger partial charge in [-0.05, 0) is 102 Å². The fraction of sp³-hybridized carbons (Fsp3) is 0.394. The van der Waals surface area contributed by atoms with E-state index in [0.717, 1.165) is 52.7 Å². The summed E-state index contributed by atoms with van der Waals surface area (Å²) < 4.78 is 30.7. The van der Waals surface area contributed by atoms with E-state index in [-0.39, 0.29) is 30.1 Å². The maximum Gasteiger partial charge on any atom is 0.238 e. The number of nitrogens with one attached hydrogen (secondary N) is 2. The lowest BCUT2D eigenvalue weighted by Gasteiger charge is -2.47. The van der Waals surface area contributed by atoms with Crippen LogP contribution in [0.15, 0.2) is 60.7 Å². The van der Waals surface area contributed by atoms with Gasteiger partial charge in [0.1, 0.15) is 27.1 Å². The van der Waals surface area contributed by atoms with Crippen molar-refractivity contribution in [3.05, 3.63) is 91.0 Å². The lowest BCUT2D eigenvalue weighted by molar-refractivity contribution is -0.131. The van der Waals surface area contributed by atoms with E-state index < -0.39 is 27.2 Å². The van der Waals surface area contributed by atoms with Gasteiger partial charge in [-0.2, -0.15) is 0 Å². The molecule has 0 radical (unpaired) electrons. The van der Waals surface area contributed by atoms with Gasteiger partial charge in [0.2, 0.25) is 11.8 Å². The predicted octanol–water partition coefficient (Wildman–Crippen LogP) is 6.11. The SMILES string of the molecule is CS(=O)(=O)CCCN1CCC(Oc2ccc(I)cc2C2NC(=O)CC(c3cccc(Cl)c3)C23C(=O)Nc2cc(Cl)ccc23)CC1. The molecule has 2 amide bonds. The first-order valence-corrected chi connectivity index (χ1v) is 18.9. The first-order valence-electron chi connectivity index (χ1n) is 15.0. The molecule has 3 heterocycles. The molecule has 3 aliphatic rings. The van der Waals surface area contributed by atoms with Crippen LogP contribution in [0, 0.1) is 3.57 Å². The van der Waals surface area contributed by atoms with Gasteiger partial charge in [-0.15, -0.1) is 0 Å². The van der Waals surface area contributed by atoms with E-state index in [1.807, 2.05) is 42.5 Å². The second kappa shape index (κ2) is 13.0. The van der Waals surface area contributed by atoms with Crippen molar-refractivity contribution >= 4 is 73.1 Å². The second-order valence-electron chi connectivity index (χ2n) is 12.1. The molecular weight excluding hydrogens is 748 g/mol. The van der Waals surface area contributed by atoms with Crippen molar-refractivity contribution in [3.8, 4) is 5.75 Å². The quantitative estimate of drug-likeness (QED) is 0.268. The van der Waals surface area contributed by atoms with Gasteiger partial charge in [-0.25, -0.2) is 8.42 Å². The normalized spacial score (nSPS) is 23.9. The highest BCUT2D eigenvalue weighted by Gasteiger charge is 2.61. The third kappa shape index (κ3) is 6.72. The standard InChI is InChI=1S/C33H34Cl2IN3O5S/c1-45(42,43)15-3-12-39-13-10-24(11-14-39)44-29-9-7-23(36)18-25(29)31-33(26-8-6-22(35)17-28(26)37-32(33)41)27(19-30(40)38-31)20-4-2-5-21(34)16-20/h2,4-9,16-18,24,27,31H,3,10-15,19H2,1H3,(H,37,41)(H,38,40). The van der Waals surface area contributed by atoms with E-state index in [1.165, 1.54) is 6.26 Å². The Hall–Kier alpha value is -2.38. The minimum absolute atomic E-state index is 0.0718. The highest BCUT2D eigenvalue weighted by Crippen LogP contribution is 2.58. The third-order valence-corrected chi connectivity index (χ3v) is 11.3. The van der Waals surface area contributed by atoms with E-state index >= 15 is 0 Å². The number of carbonyl (C=O) groups excluding carboxylic acids is 2. The van der Waals surface area contributed by atoms with Crippen molar-refractivity contribution in [2.24, 2.45) is 0 Å². The van der Waals surface area contributed by atoms with Crippen LogP contribution in [0.2, 0.25) is 10.0 Å². The van der Waals surface area contributed by atoms with Crippen LogP contribution in [0.4, 0.5) is 5.69 Å². The highest BCUT2D eigenvalue weighted by atomic mass is 127. The topological polar surface area (TPSA) is 105 Å². The van der Waals surface area contributed by atoms with Gasteiger partial charge < -0.3 is 20.3 Å². The Balaban J connectivity index is 1.37. The molecule has 0 saturated carbocycles. The lowest BCUT2D eigenvalue weighted by atomic mass is 9.59. The number of ether oxygens (including phenoxy) is 1. The van der Waals surface area contributed by atoms with Crippen molar-refractivity contribution in [3.63, 3.8) is 0 Å². The van der Waals surface area contributed by atoms with Gasteiger partial charge in [0.25, 0.3) is 0 Å². The Labute approximate surface area is 287 Å². The molecule has 45 heavy (non-hydrogen) atoms. The number of piperidine rings is 2. The Kier molecular flexibility index (Phi) is 9.42. The number of sulfone groups is 1. The Morgan fingerprint density at radius 2 is 1.78 bits per heavy atom. The smallest absolute Gasteiger partial charge is 0.238 e. The number of carbonyl (C=O) groups is 2. The van der Waals surface area contributed by atoms with Crippen molar-refractivity contribution in [1.29, 1.82) is 0 Å². The molecule has 0 aromatic heterocycles. The predicted molar refractivity (Wildman–Crippen MR) is 185 cm³/mol. The highest BCUT2D eigenvalue weighted by molar-refractivity contribution is 14.1. The first-order chi connectivity index (χ1) is 21.4. The molecule has 3 aromatic rings. The number of halogens is 3. The van der Waals surface area contributed by atoms with Gasteiger partial charge in [0, 0.05) is 56.6 Å². The number of benzene rings is 3. The summed E-state index contributed by atoms with van der Waals surface area (Å²) in [6.45, 7) is 2.33. The van der Waals surface area contributed by atoms with Gasteiger partial charge in [-0.3, -0.25) is 9.59 Å². The number of fused-ring (bicyclic) bond motifs is 2.